The summed E-state index contributed by atoms with van der Waals surface area (Å²) in [6, 6.07) is 28.9. The highest BCUT2D eigenvalue weighted by Gasteiger charge is 2.38. The van der Waals surface area contributed by atoms with Crippen LogP contribution in [0.3, 0.4) is 0 Å². The molecule has 0 aliphatic heterocycles. The number of unbranched alkanes of at least 4 members (excludes halogenated alkanes) is 9. The standard InChI is InChI=1S/C39H54O4S/c1-4-6-8-10-12-20-30-42-31-37(44-38(40)25-19-11-9-7-5-2)32-43-39(33-21-15-13-16-22-33,34-23-17-14-18-24-34)35-26-28-36(41-3)29-27-35/h13-18,21-24,26-29,37H,4-12,19-20,25,30-32H2,1-3H3/t37-/m1/s1. The number of carbonyl (C=O) groups excluding carboxylic acids is 1. The highest BCUT2D eigenvalue weighted by molar-refractivity contribution is 8.14. The maximum Gasteiger partial charge on any atom is 0.189 e. The molecular weight excluding hydrogens is 564 g/mol. The van der Waals surface area contributed by atoms with Crippen molar-refractivity contribution in [2.24, 2.45) is 0 Å². The van der Waals surface area contributed by atoms with Crippen molar-refractivity contribution < 1.29 is 19.0 Å². The quantitative estimate of drug-likeness (QED) is 0.0781. The molecule has 3 rings (SSSR count). The van der Waals surface area contributed by atoms with E-state index in [1.807, 2.05) is 24.3 Å². The summed E-state index contributed by atoms with van der Waals surface area (Å²) in [6.07, 6.45) is 13.6. The largest absolute Gasteiger partial charge is 0.497 e. The lowest BCUT2D eigenvalue weighted by Crippen LogP contribution is -2.36. The molecule has 3 aromatic carbocycles. The van der Waals surface area contributed by atoms with Crippen LogP contribution in [-0.2, 0) is 19.9 Å². The van der Waals surface area contributed by atoms with E-state index in [9.17, 15) is 4.79 Å². The summed E-state index contributed by atoms with van der Waals surface area (Å²) < 4.78 is 18.8. The number of thioether (sulfide) groups is 1. The molecule has 0 bridgehead atoms. The van der Waals surface area contributed by atoms with Crippen LogP contribution in [0.1, 0.15) is 108 Å². The maximum absolute atomic E-state index is 13.2. The molecule has 0 aromatic heterocycles. The van der Waals surface area contributed by atoms with Crippen LogP contribution in [-0.4, -0.2) is 37.3 Å². The zero-order chi connectivity index (χ0) is 31.3. The molecule has 0 N–H and O–H groups in total. The van der Waals surface area contributed by atoms with Gasteiger partial charge in [0.05, 0.1) is 25.6 Å². The van der Waals surface area contributed by atoms with E-state index in [1.165, 1.54) is 63.1 Å². The number of rotatable bonds is 23. The Morgan fingerprint density at radius 3 is 1.75 bits per heavy atom. The third-order valence-electron chi connectivity index (χ3n) is 8.07. The van der Waals surface area contributed by atoms with E-state index in [0.717, 1.165) is 48.3 Å². The van der Waals surface area contributed by atoms with Gasteiger partial charge in [-0.1, -0.05) is 156 Å². The second kappa shape index (κ2) is 21.2. The lowest BCUT2D eigenvalue weighted by Gasteiger charge is -2.37. The Morgan fingerprint density at radius 2 is 1.18 bits per heavy atom. The summed E-state index contributed by atoms with van der Waals surface area (Å²) in [4.78, 5) is 13.2. The van der Waals surface area contributed by atoms with Gasteiger partial charge in [0, 0.05) is 13.0 Å². The van der Waals surface area contributed by atoms with Crippen LogP contribution in [0, 0.1) is 0 Å². The van der Waals surface area contributed by atoms with Crippen LogP contribution < -0.4 is 4.74 Å². The molecule has 0 saturated carbocycles. The molecule has 3 aromatic rings. The highest BCUT2D eigenvalue weighted by Crippen LogP contribution is 2.41. The molecule has 0 fully saturated rings. The fourth-order valence-electron chi connectivity index (χ4n) is 5.57. The Morgan fingerprint density at radius 1 is 0.659 bits per heavy atom. The lowest BCUT2D eigenvalue weighted by atomic mass is 9.80. The van der Waals surface area contributed by atoms with E-state index >= 15 is 0 Å². The Kier molecular flexibility index (Phi) is 17.3. The summed E-state index contributed by atoms with van der Waals surface area (Å²) in [5.74, 6) is 0.796. The first-order chi connectivity index (χ1) is 21.6. The predicted molar refractivity (Wildman–Crippen MR) is 186 cm³/mol. The number of ether oxygens (including phenoxy) is 3. The molecule has 0 aliphatic rings. The van der Waals surface area contributed by atoms with E-state index in [1.54, 1.807) is 7.11 Å². The van der Waals surface area contributed by atoms with Gasteiger partial charge in [-0.2, -0.15) is 0 Å². The fourth-order valence-corrected chi connectivity index (χ4v) is 6.51. The van der Waals surface area contributed by atoms with Crippen LogP contribution in [0.15, 0.2) is 84.9 Å². The van der Waals surface area contributed by atoms with Crippen molar-refractivity contribution in [3.63, 3.8) is 0 Å². The monoisotopic (exact) mass is 618 g/mol. The Labute approximate surface area is 271 Å². The van der Waals surface area contributed by atoms with Crippen molar-refractivity contribution in [2.45, 2.75) is 102 Å². The number of hydrogen-bond donors (Lipinski definition) is 0. The van der Waals surface area contributed by atoms with E-state index in [4.69, 9.17) is 14.2 Å². The minimum atomic E-state index is -0.865. The summed E-state index contributed by atoms with van der Waals surface area (Å²) in [5, 5.41) is 0.121. The summed E-state index contributed by atoms with van der Waals surface area (Å²) in [5.41, 5.74) is 2.22. The molecule has 4 nitrogen and oxygen atoms in total. The van der Waals surface area contributed by atoms with Gasteiger partial charge in [0.15, 0.2) is 5.12 Å². The molecular formula is C39H54O4S. The van der Waals surface area contributed by atoms with Gasteiger partial charge < -0.3 is 14.2 Å². The third kappa shape index (κ3) is 11.7. The van der Waals surface area contributed by atoms with Crippen molar-refractivity contribution in [3.8, 4) is 5.75 Å². The van der Waals surface area contributed by atoms with Crippen LogP contribution in [0.5, 0.6) is 5.75 Å². The van der Waals surface area contributed by atoms with Crippen LogP contribution in [0.2, 0.25) is 0 Å². The van der Waals surface area contributed by atoms with Gasteiger partial charge in [0.25, 0.3) is 0 Å². The molecule has 0 spiro atoms. The molecule has 1 atom stereocenters. The van der Waals surface area contributed by atoms with Crippen LogP contribution in [0.4, 0.5) is 0 Å². The van der Waals surface area contributed by atoms with Crippen molar-refractivity contribution in [2.75, 3.05) is 26.9 Å². The summed E-state index contributed by atoms with van der Waals surface area (Å²) in [7, 11) is 1.68. The maximum atomic E-state index is 13.2. The number of benzene rings is 3. The first-order valence-electron chi connectivity index (χ1n) is 16.8. The molecule has 0 heterocycles. The fraction of sp³-hybridized carbons (Fsp3) is 0.513. The summed E-state index contributed by atoms with van der Waals surface area (Å²) >= 11 is 1.41. The Balaban J connectivity index is 1.82. The van der Waals surface area contributed by atoms with E-state index in [0.29, 0.717) is 19.6 Å². The second-order valence-electron chi connectivity index (χ2n) is 11.6. The topological polar surface area (TPSA) is 44.8 Å². The minimum Gasteiger partial charge on any atom is -0.497 e. The molecule has 44 heavy (non-hydrogen) atoms. The SMILES string of the molecule is CCCCCCCCOC[C@H](COC(c1ccccc1)(c1ccccc1)c1ccc(OC)cc1)SC(=O)CCCCCCC. The normalized spacial score (nSPS) is 12.2. The Bertz CT molecular complexity index is 1110. The zero-order valence-corrected chi connectivity index (χ0v) is 28.1. The second-order valence-corrected chi connectivity index (χ2v) is 12.9. The average molecular weight is 619 g/mol. The van der Waals surface area contributed by atoms with Crippen LogP contribution in [0.25, 0.3) is 0 Å². The summed E-state index contributed by atoms with van der Waals surface area (Å²) in [6.45, 7) is 6.04. The lowest BCUT2D eigenvalue weighted by molar-refractivity contribution is -0.111. The highest BCUT2D eigenvalue weighted by atomic mass is 32.2. The third-order valence-corrected chi connectivity index (χ3v) is 9.14. The molecule has 0 radical (unpaired) electrons. The van der Waals surface area contributed by atoms with Crippen molar-refractivity contribution in [3.05, 3.63) is 102 Å². The van der Waals surface area contributed by atoms with Gasteiger partial charge in [-0.25, -0.2) is 0 Å². The molecule has 0 amide bonds. The number of carbonyl (C=O) groups is 1. The van der Waals surface area contributed by atoms with Crippen molar-refractivity contribution in [1.82, 2.24) is 0 Å². The van der Waals surface area contributed by atoms with Gasteiger partial charge >= 0.3 is 0 Å². The zero-order valence-electron chi connectivity index (χ0n) is 27.3. The number of methoxy groups -OCH3 is 1. The van der Waals surface area contributed by atoms with E-state index < -0.39 is 5.60 Å². The number of hydrogen-bond acceptors (Lipinski definition) is 5. The van der Waals surface area contributed by atoms with Crippen molar-refractivity contribution >= 4 is 16.9 Å². The van der Waals surface area contributed by atoms with Gasteiger partial charge in [-0.3, -0.25) is 4.79 Å². The van der Waals surface area contributed by atoms with Crippen molar-refractivity contribution in [1.29, 1.82) is 0 Å². The minimum absolute atomic E-state index is 0.108. The molecule has 0 saturated heterocycles. The van der Waals surface area contributed by atoms with Crippen LogP contribution >= 0.6 is 11.8 Å². The van der Waals surface area contributed by atoms with Gasteiger partial charge in [-0.15, -0.1) is 0 Å². The molecule has 240 valence electrons. The first-order valence-corrected chi connectivity index (χ1v) is 17.7. The van der Waals surface area contributed by atoms with Gasteiger partial charge in [0.1, 0.15) is 11.4 Å². The van der Waals surface area contributed by atoms with Gasteiger partial charge in [0.2, 0.25) is 0 Å². The Hall–Kier alpha value is -2.60. The van der Waals surface area contributed by atoms with E-state index in [-0.39, 0.29) is 10.4 Å². The smallest absolute Gasteiger partial charge is 0.189 e. The predicted octanol–water partition coefficient (Wildman–Crippen LogP) is 10.4. The molecule has 0 aliphatic carbocycles. The molecule has 5 heteroatoms. The average Bonchev–Trinajstić information content (AvgIpc) is 3.07. The van der Waals surface area contributed by atoms with E-state index in [2.05, 4.69) is 74.5 Å². The first kappa shape index (κ1) is 35.9. The van der Waals surface area contributed by atoms with Gasteiger partial charge in [-0.05, 0) is 41.7 Å². The molecule has 0 unspecified atom stereocenters.